The van der Waals surface area contributed by atoms with Crippen molar-refractivity contribution in [1.82, 2.24) is 9.55 Å². The summed E-state index contributed by atoms with van der Waals surface area (Å²) in [5.41, 5.74) is 4.61. The van der Waals surface area contributed by atoms with E-state index >= 15 is 0 Å². The summed E-state index contributed by atoms with van der Waals surface area (Å²) in [6, 6.07) is 1.25. The SMILES string of the molecule is CC(C)CCCCCCCCCCCCCCCCCCCCC(=O)O[C@H](COC(=O)CCCCCCCCCCCCCCCCCC(C)C)COP(=O)(O)OP(=O)(O)OC[C@H]1O[C@@H](n2ccc(N)nc2=O)C(O)[C@H]1O. The van der Waals surface area contributed by atoms with Gasteiger partial charge in [0.25, 0.3) is 0 Å². The normalized spacial score (nSPS) is 18.7. The third kappa shape index (κ3) is 37.4. The molecule has 1 fully saturated rings. The number of carbonyl (C=O) groups is 2. The highest BCUT2D eigenvalue weighted by atomic mass is 31.3. The molecule has 0 aromatic carbocycles. The molecule has 6 N–H and O–H groups in total. The number of rotatable bonds is 51. The minimum atomic E-state index is -5.42. The number of phosphoric acid groups is 2. The Kier molecular flexibility index (Phi) is 40.0. The summed E-state index contributed by atoms with van der Waals surface area (Å²) in [5.74, 6) is 0.357. The van der Waals surface area contributed by atoms with Gasteiger partial charge in [0, 0.05) is 19.0 Å². The van der Waals surface area contributed by atoms with Gasteiger partial charge in [-0.25, -0.2) is 13.9 Å². The summed E-state index contributed by atoms with van der Waals surface area (Å²) in [4.78, 5) is 62.2. The molecule has 0 aliphatic carbocycles. The van der Waals surface area contributed by atoms with Crippen molar-refractivity contribution < 1.29 is 66.3 Å². The molecule has 450 valence electrons. The van der Waals surface area contributed by atoms with E-state index < -0.39 is 83.7 Å². The monoisotopic (exact) mass is 1140 g/mol. The third-order valence-electron chi connectivity index (χ3n) is 14.3. The Hall–Kier alpha value is -2.24. The predicted molar refractivity (Wildman–Crippen MR) is 303 cm³/mol. The van der Waals surface area contributed by atoms with Gasteiger partial charge in [-0.1, -0.05) is 240 Å². The van der Waals surface area contributed by atoms with E-state index in [1.165, 1.54) is 179 Å². The molecule has 3 unspecified atom stereocenters. The lowest BCUT2D eigenvalue weighted by Crippen LogP contribution is -2.36. The number of nitrogen functional groups attached to an aromatic ring is 1. The quantitative estimate of drug-likeness (QED) is 0.0231. The van der Waals surface area contributed by atoms with Crippen LogP contribution < -0.4 is 11.4 Å². The molecule has 1 aromatic rings. The van der Waals surface area contributed by atoms with Crippen LogP contribution in [-0.2, 0) is 46.3 Å². The maximum absolute atomic E-state index is 13.0. The molecular formula is C57H107N3O15P2. The maximum atomic E-state index is 13.0. The van der Waals surface area contributed by atoms with Gasteiger partial charge in [-0.2, -0.15) is 9.29 Å². The predicted octanol–water partition coefficient (Wildman–Crippen LogP) is 13.9. The Morgan fingerprint density at radius 1 is 0.584 bits per heavy atom. The van der Waals surface area contributed by atoms with Gasteiger partial charge < -0.3 is 39.9 Å². The van der Waals surface area contributed by atoms with Gasteiger partial charge in [-0.3, -0.25) is 23.2 Å². The minimum absolute atomic E-state index is 0.0581. The summed E-state index contributed by atoms with van der Waals surface area (Å²) >= 11 is 0. The lowest BCUT2D eigenvalue weighted by atomic mass is 10.0. The maximum Gasteiger partial charge on any atom is 0.481 e. The van der Waals surface area contributed by atoms with Gasteiger partial charge in [-0.05, 0) is 30.7 Å². The summed E-state index contributed by atoms with van der Waals surface area (Å²) in [6.45, 7) is 6.91. The van der Waals surface area contributed by atoms with Crippen LogP contribution in [-0.4, -0.2) is 85.7 Å². The lowest BCUT2D eigenvalue weighted by Gasteiger charge is -2.21. The van der Waals surface area contributed by atoms with Crippen molar-refractivity contribution in [3.63, 3.8) is 0 Å². The van der Waals surface area contributed by atoms with Gasteiger partial charge in [0.15, 0.2) is 12.3 Å². The Labute approximate surface area is 463 Å². The number of aliphatic hydroxyl groups excluding tert-OH is 2. The van der Waals surface area contributed by atoms with Gasteiger partial charge in [0.1, 0.15) is 30.7 Å². The van der Waals surface area contributed by atoms with Gasteiger partial charge in [0.05, 0.1) is 13.2 Å². The van der Waals surface area contributed by atoms with Crippen molar-refractivity contribution in [2.45, 2.75) is 296 Å². The Bertz CT molecular complexity index is 1820. The van der Waals surface area contributed by atoms with Crippen molar-refractivity contribution in [2.24, 2.45) is 11.8 Å². The van der Waals surface area contributed by atoms with Crippen LogP contribution in [0.5, 0.6) is 0 Å². The largest absolute Gasteiger partial charge is 0.481 e. The number of hydrogen-bond acceptors (Lipinski definition) is 15. The van der Waals surface area contributed by atoms with Crippen LogP contribution in [0.3, 0.4) is 0 Å². The second-order valence-corrected chi connectivity index (χ2v) is 25.6. The number of aromatic nitrogens is 2. The van der Waals surface area contributed by atoms with Crippen LogP contribution in [0.25, 0.3) is 0 Å². The molecule has 0 spiro atoms. The zero-order valence-corrected chi connectivity index (χ0v) is 49.9. The van der Waals surface area contributed by atoms with Crippen molar-refractivity contribution in [1.29, 1.82) is 0 Å². The Balaban J connectivity index is 1.72. The number of anilines is 1. The highest BCUT2D eigenvalue weighted by molar-refractivity contribution is 7.61. The Morgan fingerprint density at radius 3 is 1.36 bits per heavy atom. The fourth-order valence-corrected chi connectivity index (χ4v) is 11.7. The number of ether oxygens (including phenoxy) is 3. The molecule has 1 aliphatic heterocycles. The van der Waals surface area contributed by atoms with Crippen LogP contribution in [0.2, 0.25) is 0 Å². The molecule has 0 bridgehead atoms. The molecule has 1 aliphatic rings. The molecular weight excluding hydrogens is 1030 g/mol. The number of carbonyl (C=O) groups excluding carboxylic acids is 2. The number of nitrogens with zero attached hydrogens (tertiary/aromatic N) is 2. The van der Waals surface area contributed by atoms with Crippen LogP contribution in [0.1, 0.15) is 271 Å². The number of nitrogens with two attached hydrogens (primary N) is 1. The average molecular weight is 1140 g/mol. The third-order valence-corrected chi connectivity index (χ3v) is 16.9. The summed E-state index contributed by atoms with van der Waals surface area (Å²) in [5, 5.41) is 21.0. The van der Waals surface area contributed by atoms with E-state index in [9.17, 15) is 43.5 Å². The first kappa shape index (κ1) is 70.9. The fraction of sp³-hybridized carbons (Fsp3) is 0.895. The molecule has 1 saturated heterocycles. The lowest BCUT2D eigenvalue weighted by molar-refractivity contribution is -0.161. The van der Waals surface area contributed by atoms with E-state index in [2.05, 4.69) is 37.0 Å². The number of unbranched alkanes of at least 4 members (excludes halogenated alkanes) is 31. The molecule has 77 heavy (non-hydrogen) atoms. The number of phosphoric ester groups is 2. The van der Waals surface area contributed by atoms with E-state index in [-0.39, 0.29) is 18.7 Å². The molecule has 7 atom stereocenters. The van der Waals surface area contributed by atoms with Crippen molar-refractivity contribution in [2.75, 3.05) is 25.6 Å². The highest BCUT2D eigenvalue weighted by Crippen LogP contribution is 2.60. The number of esters is 2. The van der Waals surface area contributed by atoms with Gasteiger partial charge >= 0.3 is 33.3 Å². The van der Waals surface area contributed by atoms with Gasteiger partial charge in [-0.15, -0.1) is 0 Å². The molecule has 18 nitrogen and oxygen atoms in total. The number of hydrogen-bond donors (Lipinski definition) is 5. The minimum Gasteiger partial charge on any atom is -0.462 e. The van der Waals surface area contributed by atoms with Crippen molar-refractivity contribution in [3.8, 4) is 0 Å². The van der Waals surface area contributed by atoms with Crippen LogP contribution >= 0.6 is 15.6 Å². The van der Waals surface area contributed by atoms with E-state index in [0.29, 0.717) is 12.8 Å². The van der Waals surface area contributed by atoms with Crippen LogP contribution in [0.15, 0.2) is 17.1 Å². The van der Waals surface area contributed by atoms with E-state index in [0.717, 1.165) is 61.3 Å². The van der Waals surface area contributed by atoms with E-state index in [1.807, 2.05) is 0 Å². The van der Waals surface area contributed by atoms with Crippen molar-refractivity contribution in [3.05, 3.63) is 22.7 Å². The van der Waals surface area contributed by atoms with E-state index in [4.69, 9.17) is 29.0 Å². The van der Waals surface area contributed by atoms with Crippen molar-refractivity contribution >= 4 is 33.4 Å². The zero-order valence-electron chi connectivity index (χ0n) is 48.1. The summed E-state index contributed by atoms with van der Waals surface area (Å²) in [6.07, 6.45) is 36.0. The molecule has 20 heteroatoms. The average Bonchev–Trinajstić information content (AvgIpc) is 3.65. The first-order chi connectivity index (χ1) is 36.9. The van der Waals surface area contributed by atoms with Crippen LogP contribution in [0.4, 0.5) is 5.82 Å². The second kappa shape index (κ2) is 43.5. The molecule has 0 amide bonds. The second-order valence-electron chi connectivity index (χ2n) is 22.5. The first-order valence-electron chi connectivity index (χ1n) is 30.3. The van der Waals surface area contributed by atoms with E-state index in [1.54, 1.807) is 0 Å². The number of aliphatic hydroxyl groups is 2. The fourth-order valence-electron chi connectivity index (χ4n) is 9.63. The summed E-state index contributed by atoms with van der Waals surface area (Å²) < 4.78 is 57.1. The molecule has 2 rings (SSSR count). The zero-order chi connectivity index (χ0) is 56.6. The molecule has 0 saturated carbocycles. The van der Waals surface area contributed by atoms with Gasteiger partial charge in [0.2, 0.25) is 0 Å². The molecule has 0 radical (unpaired) electrons. The van der Waals surface area contributed by atoms with Crippen LogP contribution in [0, 0.1) is 11.8 Å². The smallest absolute Gasteiger partial charge is 0.462 e. The molecule has 2 heterocycles. The summed E-state index contributed by atoms with van der Waals surface area (Å²) in [7, 11) is -10.8. The highest BCUT2D eigenvalue weighted by Gasteiger charge is 2.46. The topological polar surface area (TPSA) is 265 Å². The Morgan fingerprint density at radius 2 is 0.961 bits per heavy atom. The molecule has 1 aromatic heterocycles. The first-order valence-corrected chi connectivity index (χ1v) is 33.3. The standard InChI is InChI=1S/C57H107N3O15P2/c1-47(2)38-34-30-26-22-18-14-10-7-5-6-8-12-17-21-25-29-33-37-41-53(62)73-49(44-70-52(61)40-36-32-28-24-20-16-13-9-11-15-19-23-27-31-35-39-48(3)4)45-71-76(66,67)75-77(68,69)72-46-50-54(63)55(64)56(74-50)60-43-42-51(58)59-57(60)65/h42-43,47-50,54-56,63-64H,5-41,44-46H2,1-4H3,(H,66,67)(H,68,69)(H2,58,59,65)/t49-,50-,54+,55?,56-/m1/s1.